The van der Waals surface area contributed by atoms with Crippen LogP contribution in [-0.2, 0) is 6.18 Å². The van der Waals surface area contributed by atoms with Gasteiger partial charge in [-0.15, -0.1) is 0 Å². The summed E-state index contributed by atoms with van der Waals surface area (Å²) in [5, 5.41) is 3.58. The fraction of sp³-hybridized carbons (Fsp3) is 0.0400. The monoisotopic (exact) mass is 494 g/mol. The second-order valence-electron chi connectivity index (χ2n) is 7.52. The van der Waals surface area contributed by atoms with Crippen molar-refractivity contribution in [1.82, 2.24) is 24.7 Å². The molecule has 4 aromatic heterocycles. The number of benzene rings is 1. The number of hydrogen-bond acceptors (Lipinski definition) is 5. The number of pyridine rings is 3. The summed E-state index contributed by atoms with van der Waals surface area (Å²) in [4.78, 5) is 13.9. The lowest BCUT2D eigenvalue weighted by Crippen LogP contribution is -2.14. The van der Waals surface area contributed by atoms with E-state index in [-0.39, 0.29) is 17.1 Å². The molecule has 0 aliphatic rings. The van der Waals surface area contributed by atoms with Gasteiger partial charge in [-0.25, -0.2) is 14.6 Å². The maximum absolute atomic E-state index is 14.3. The van der Waals surface area contributed by atoms with Gasteiger partial charge in [0.1, 0.15) is 11.6 Å². The van der Waals surface area contributed by atoms with E-state index >= 15 is 0 Å². The Hall–Kier alpha value is -4.67. The molecule has 180 valence electrons. The highest BCUT2D eigenvalue weighted by Crippen LogP contribution is 2.34. The molecule has 6 nitrogen and oxygen atoms in total. The van der Waals surface area contributed by atoms with Gasteiger partial charge in [0.15, 0.2) is 11.5 Å². The molecule has 5 rings (SSSR count). The predicted molar refractivity (Wildman–Crippen MR) is 122 cm³/mol. The molecule has 0 aliphatic carbocycles. The van der Waals surface area contributed by atoms with Gasteiger partial charge >= 0.3 is 6.18 Å². The molecule has 0 aliphatic heterocycles. The van der Waals surface area contributed by atoms with E-state index in [1.165, 1.54) is 18.3 Å². The first-order valence-electron chi connectivity index (χ1n) is 10.5. The van der Waals surface area contributed by atoms with Crippen molar-refractivity contribution in [3.63, 3.8) is 0 Å². The van der Waals surface area contributed by atoms with Crippen molar-refractivity contribution >= 4 is 17.3 Å². The van der Waals surface area contributed by atoms with Crippen LogP contribution in [0.1, 0.15) is 5.69 Å². The molecular formula is C25H15F5N6. The van der Waals surface area contributed by atoms with E-state index in [1.807, 2.05) is 6.07 Å². The van der Waals surface area contributed by atoms with Crippen LogP contribution in [0, 0.1) is 11.9 Å². The lowest BCUT2D eigenvalue weighted by Gasteiger charge is -2.24. The van der Waals surface area contributed by atoms with Crippen molar-refractivity contribution in [3.05, 3.63) is 109 Å². The largest absolute Gasteiger partial charge is 0.435 e. The summed E-state index contributed by atoms with van der Waals surface area (Å²) < 4.78 is 67.8. The molecule has 0 saturated carbocycles. The summed E-state index contributed by atoms with van der Waals surface area (Å²) in [6, 6.07) is 21.8. The Morgan fingerprint density at radius 2 is 1.42 bits per heavy atom. The number of hydrogen-bond donors (Lipinski definition) is 0. The molecular weight excluding hydrogens is 479 g/mol. The first-order valence-corrected chi connectivity index (χ1v) is 10.5. The summed E-state index contributed by atoms with van der Waals surface area (Å²) in [6.45, 7) is 0. The van der Waals surface area contributed by atoms with Crippen LogP contribution in [0.3, 0.4) is 0 Å². The highest BCUT2D eigenvalue weighted by atomic mass is 19.4. The van der Waals surface area contributed by atoms with Crippen LogP contribution >= 0.6 is 0 Å². The summed E-state index contributed by atoms with van der Waals surface area (Å²) in [5.41, 5.74) is -0.194. The first-order chi connectivity index (χ1) is 17.3. The molecule has 0 radical (unpaired) electrons. The lowest BCUT2D eigenvalue weighted by atomic mass is 10.2. The van der Waals surface area contributed by atoms with Gasteiger partial charge in [0.2, 0.25) is 11.9 Å². The number of anilines is 3. The summed E-state index contributed by atoms with van der Waals surface area (Å²) in [7, 11) is 0. The molecule has 0 N–H and O–H groups in total. The third-order valence-corrected chi connectivity index (χ3v) is 5.13. The minimum Gasteiger partial charge on any atom is -0.279 e. The molecule has 4 heterocycles. The van der Waals surface area contributed by atoms with Crippen molar-refractivity contribution in [1.29, 1.82) is 0 Å². The number of halogens is 5. The van der Waals surface area contributed by atoms with Crippen LogP contribution in [0.25, 0.3) is 17.1 Å². The van der Waals surface area contributed by atoms with Gasteiger partial charge in [-0.2, -0.15) is 32.0 Å². The van der Waals surface area contributed by atoms with E-state index in [0.29, 0.717) is 17.3 Å². The van der Waals surface area contributed by atoms with Gasteiger partial charge in [0, 0.05) is 11.9 Å². The van der Waals surface area contributed by atoms with Crippen LogP contribution in [0.5, 0.6) is 0 Å². The number of rotatable bonds is 5. The second kappa shape index (κ2) is 9.17. The summed E-state index contributed by atoms with van der Waals surface area (Å²) >= 11 is 0. The molecule has 36 heavy (non-hydrogen) atoms. The van der Waals surface area contributed by atoms with Crippen LogP contribution in [0.15, 0.2) is 91.1 Å². The Kier molecular flexibility index (Phi) is 5.88. The molecule has 0 atom stereocenters. The van der Waals surface area contributed by atoms with Crippen molar-refractivity contribution in [2.45, 2.75) is 6.18 Å². The van der Waals surface area contributed by atoms with Gasteiger partial charge in [0.05, 0.1) is 11.3 Å². The predicted octanol–water partition coefficient (Wildman–Crippen LogP) is 6.49. The number of para-hydroxylation sites is 1. The van der Waals surface area contributed by atoms with E-state index < -0.39 is 23.8 Å². The minimum absolute atomic E-state index is 0.00388. The van der Waals surface area contributed by atoms with Crippen LogP contribution in [-0.4, -0.2) is 24.7 Å². The van der Waals surface area contributed by atoms with E-state index in [9.17, 15) is 22.0 Å². The molecule has 0 saturated heterocycles. The molecule has 0 bridgehead atoms. The van der Waals surface area contributed by atoms with Gasteiger partial charge in [0.25, 0.3) is 0 Å². The van der Waals surface area contributed by atoms with E-state index in [1.54, 1.807) is 59.5 Å². The SMILES string of the molecule is Fc1ccc(-c2cccc(N(c3ccccc3)c3cccc(-n4ccc(C(F)(F)F)n4)n3)n2)c(F)n1. The Balaban J connectivity index is 1.61. The quantitative estimate of drug-likeness (QED) is 0.206. The maximum atomic E-state index is 14.3. The van der Waals surface area contributed by atoms with Crippen molar-refractivity contribution in [2.75, 3.05) is 4.90 Å². The van der Waals surface area contributed by atoms with E-state index in [2.05, 4.69) is 20.1 Å². The standard InChI is InChI=1S/C25H15F5N6/c26-20-13-12-17(24(27)32-20)18-8-4-10-22(31-18)36(16-6-2-1-3-7-16)23-11-5-9-21(33-23)35-15-14-19(34-35)25(28,29)30/h1-15H. The Labute approximate surface area is 201 Å². The first kappa shape index (κ1) is 23.1. The summed E-state index contributed by atoms with van der Waals surface area (Å²) in [5.74, 6) is -1.15. The summed E-state index contributed by atoms with van der Waals surface area (Å²) in [6.07, 6.45) is -3.42. The molecule has 0 unspecified atom stereocenters. The average Bonchev–Trinajstić information content (AvgIpc) is 3.37. The molecule has 0 fully saturated rings. The fourth-order valence-corrected chi connectivity index (χ4v) is 3.53. The highest BCUT2D eigenvalue weighted by molar-refractivity contribution is 5.74. The zero-order chi connectivity index (χ0) is 25.3. The zero-order valence-electron chi connectivity index (χ0n) is 18.2. The molecule has 0 amide bonds. The Morgan fingerprint density at radius 1 is 0.694 bits per heavy atom. The van der Waals surface area contributed by atoms with Crippen LogP contribution in [0.4, 0.5) is 39.3 Å². The molecule has 5 aromatic rings. The number of alkyl halides is 3. The number of nitrogens with zero attached hydrogens (tertiary/aromatic N) is 6. The van der Waals surface area contributed by atoms with Crippen LogP contribution in [0.2, 0.25) is 0 Å². The fourth-order valence-electron chi connectivity index (χ4n) is 3.53. The van der Waals surface area contributed by atoms with Gasteiger partial charge < -0.3 is 0 Å². The van der Waals surface area contributed by atoms with Gasteiger partial charge in [-0.05, 0) is 54.6 Å². The molecule has 11 heteroatoms. The minimum atomic E-state index is -4.59. The zero-order valence-corrected chi connectivity index (χ0v) is 18.2. The molecule has 1 aromatic carbocycles. The van der Waals surface area contributed by atoms with Crippen LogP contribution < -0.4 is 4.90 Å². The van der Waals surface area contributed by atoms with E-state index in [0.717, 1.165) is 16.8 Å². The highest BCUT2D eigenvalue weighted by Gasteiger charge is 2.33. The van der Waals surface area contributed by atoms with Gasteiger partial charge in [-0.1, -0.05) is 30.3 Å². The third-order valence-electron chi connectivity index (χ3n) is 5.13. The van der Waals surface area contributed by atoms with Crippen molar-refractivity contribution in [3.8, 4) is 17.1 Å². The Bertz CT molecular complexity index is 1520. The maximum Gasteiger partial charge on any atom is 0.435 e. The Morgan fingerprint density at radius 3 is 2.11 bits per heavy atom. The van der Waals surface area contributed by atoms with Crippen molar-refractivity contribution in [2.24, 2.45) is 0 Å². The average molecular weight is 494 g/mol. The lowest BCUT2D eigenvalue weighted by molar-refractivity contribution is -0.141. The number of aromatic nitrogens is 5. The van der Waals surface area contributed by atoms with Gasteiger partial charge in [-0.3, -0.25) is 4.90 Å². The topological polar surface area (TPSA) is 59.7 Å². The molecule has 0 spiro atoms. The van der Waals surface area contributed by atoms with Crippen molar-refractivity contribution < 1.29 is 22.0 Å². The smallest absolute Gasteiger partial charge is 0.279 e. The normalized spacial score (nSPS) is 11.5. The second-order valence-corrected chi connectivity index (χ2v) is 7.52. The van der Waals surface area contributed by atoms with E-state index in [4.69, 9.17) is 0 Å². The third kappa shape index (κ3) is 4.63.